The van der Waals surface area contributed by atoms with Gasteiger partial charge in [0, 0.05) is 17.2 Å². The largest absolute Gasteiger partial charge is 0.463 e. The summed E-state index contributed by atoms with van der Waals surface area (Å²) in [5.74, 6) is -2.08. The van der Waals surface area contributed by atoms with Crippen LogP contribution in [-0.4, -0.2) is 68.8 Å². The van der Waals surface area contributed by atoms with Crippen molar-refractivity contribution >= 4 is 35.7 Å². The first-order valence-corrected chi connectivity index (χ1v) is 13.3. The van der Waals surface area contributed by atoms with Crippen molar-refractivity contribution in [3.05, 3.63) is 79.4 Å². The Kier molecular flexibility index (Phi) is 24.3. The van der Waals surface area contributed by atoms with Crippen molar-refractivity contribution in [1.82, 2.24) is 0 Å². The van der Waals surface area contributed by atoms with E-state index in [1.807, 2.05) is 43.3 Å². The summed E-state index contributed by atoms with van der Waals surface area (Å²) in [6.45, 7) is 21.7. The van der Waals surface area contributed by atoms with Crippen molar-refractivity contribution in [2.75, 3.05) is 33.0 Å². The van der Waals surface area contributed by atoms with Crippen LogP contribution in [0.3, 0.4) is 0 Å². The van der Waals surface area contributed by atoms with Gasteiger partial charge in [0.1, 0.15) is 38.1 Å². The highest BCUT2D eigenvalue weighted by Gasteiger charge is 2.24. The number of hydrogen-bond acceptors (Lipinski definition) is 10. The zero-order chi connectivity index (χ0) is 32.3. The van der Waals surface area contributed by atoms with Crippen LogP contribution in [0, 0.1) is 0 Å². The van der Waals surface area contributed by atoms with E-state index in [9.17, 15) is 24.0 Å². The molecule has 0 bridgehead atoms. The van der Waals surface area contributed by atoms with E-state index in [0.29, 0.717) is 25.4 Å². The molecule has 1 saturated heterocycles. The van der Waals surface area contributed by atoms with Gasteiger partial charge in [-0.1, -0.05) is 76.1 Å². The summed E-state index contributed by atoms with van der Waals surface area (Å²) in [6, 6.07) is 10.0. The number of Topliss-reactive ketones (excluding diaryl/α,β-unsaturated/α-hetero) is 1. The number of benzene rings is 1. The van der Waals surface area contributed by atoms with Gasteiger partial charge in [-0.2, -0.15) is 0 Å². The van der Waals surface area contributed by atoms with Gasteiger partial charge in [0.2, 0.25) is 0 Å². The average molecular weight is 589 g/mol. The number of carbonyl (C=O) groups excluding carboxylic acids is 5. The Hall–Kier alpha value is -4.31. The van der Waals surface area contributed by atoms with Gasteiger partial charge in [0.25, 0.3) is 0 Å². The van der Waals surface area contributed by atoms with E-state index in [1.54, 1.807) is 6.92 Å². The Morgan fingerprint density at radius 1 is 0.857 bits per heavy atom. The van der Waals surface area contributed by atoms with E-state index in [0.717, 1.165) is 12.8 Å². The lowest BCUT2D eigenvalue weighted by Crippen LogP contribution is -2.15. The van der Waals surface area contributed by atoms with Gasteiger partial charge in [-0.3, -0.25) is 9.59 Å². The molecule has 0 N–H and O–H groups in total. The second-order valence-corrected chi connectivity index (χ2v) is 8.69. The van der Waals surface area contributed by atoms with Crippen molar-refractivity contribution in [2.45, 2.75) is 53.1 Å². The second-order valence-electron chi connectivity index (χ2n) is 8.69. The number of rotatable bonds is 14. The molecular formula is C32H44O10. The molecule has 10 nitrogen and oxygen atoms in total. The van der Waals surface area contributed by atoms with Gasteiger partial charge in [-0.25, -0.2) is 14.4 Å². The molecule has 1 atom stereocenters. The highest BCUT2D eigenvalue weighted by atomic mass is 16.6. The minimum atomic E-state index is -0.617. The molecule has 2 rings (SSSR count). The fraction of sp³-hybridized carbons (Fsp3) is 0.406. The summed E-state index contributed by atoms with van der Waals surface area (Å²) in [5, 5.41) is 0. The smallest absolute Gasteiger partial charge is 0.333 e. The third-order valence-electron chi connectivity index (χ3n) is 4.42. The monoisotopic (exact) mass is 588 g/mol. The summed E-state index contributed by atoms with van der Waals surface area (Å²) >= 11 is 0. The Balaban J connectivity index is 0. The fourth-order valence-electron chi connectivity index (χ4n) is 2.09. The number of esters is 4. The van der Waals surface area contributed by atoms with Crippen LogP contribution in [0.15, 0.2) is 73.9 Å². The minimum Gasteiger partial charge on any atom is -0.463 e. The minimum absolute atomic E-state index is 0.0324. The maximum Gasteiger partial charge on any atom is 0.333 e. The predicted molar refractivity (Wildman–Crippen MR) is 160 cm³/mol. The molecule has 0 radical (unpaired) electrons. The molecule has 42 heavy (non-hydrogen) atoms. The molecular weight excluding hydrogens is 544 g/mol. The summed E-state index contributed by atoms with van der Waals surface area (Å²) in [5.41, 5.74) is 1.89. The first-order chi connectivity index (χ1) is 19.9. The molecule has 0 aromatic heterocycles. The van der Waals surface area contributed by atoms with Crippen molar-refractivity contribution in [2.24, 2.45) is 0 Å². The summed E-state index contributed by atoms with van der Waals surface area (Å²) < 4.78 is 23.5. The van der Waals surface area contributed by atoms with Crippen LogP contribution in [0.25, 0.3) is 6.08 Å². The Bertz CT molecular complexity index is 1020. The SMILES string of the molecule is C=C(C)C(=O)OCC1CO1.C=C(C)C(=O)OCCOC(=O)CC(C)=O.C=CC(=O)OCCCC.C=Cc1ccccc1. The highest BCUT2D eigenvalue weighted by molar-refractivity contribution is 5.94. The zero-order valence-corrected chi connectivity index (χ0v) is 25.2. The molecule has 0 saturated carbocycles. The van der Waals surface area contributed by atoms with E-state index in [2.05, 4.69) is 40.5 Å². The Morgan fingerprint density at radius 2 is 1.40 bits per heavy atom. The molecule has 0 spiro atoms. The van der Waals surface area contributed by atoms with Gasteiger partial charge >= 0.3 is 23.9 Å². The predicted octanol–water partition coefficient (Wildman–Crippen LogP) is 4.98. The third kappa shape index (κ3) is 27.3. The lowest BCUT2D eigenvalue weighted by atomic mass is 10.2. The van der Waals surface area contributed by atoms with Crippen LogP contribution in [-0.2, 0) is 47.7 Å². The van der Waals surface area contributed by atoms with E-state index in [-0.39, 0.29) is 49.0 Å². The second kappa shape index (κ2) is 25.6. The topological polar surface area (TPSA) is 135 Å². The van der Waals surface area contributed by atoms with E-state index in [4.69, 9.17) is 9.47 Å². The Morgan fingerprint density at radius 3 is 1.83 bits per heavy atom. The number of unbranched alkanes of at least 4 members (excludes halogenated alkanes) is 1. The molecule has 1 aromatic carbocycles. The molecule has 1 heterocycles. The van der Waals surface area contributed by atoms with Crippen LogP contribution in [0.1, 0.15) is 52.5 Å². The quantitative estimate of drug-likeness (QED) is 0.0731. The molecule has 10 heteroatoms. The lowest BCUT2D eigenvalue weighted by Gasteiger charge is -2.05. The molecule has 0 amide bonds. The van der Waals surface area contributed by atoms with Crippen LogP contribution < -0.4 is 0 Å². The van der Waals surface area contributed by atoms with E-state index in [1.165, 1.54) is 25.5 Å². The van der Waals surface area contributed by atoms with Gasteiger partial charge < -0.3 is 23.7 Å². The molecule has 1 aromatic rings. The fourth-order valence-corrected chi connectivity index (χ4v) is 2.09. The van der Waals surface area contributed by atoms with Gasteiger partial charge in [-0.05, 0) is 32.8 Å². The van der Waals surface area contributed by atoms with Gasteiger partial charge in [-0.15, -0.1) is 0 Å². The lowest BCUT2D eigenvalue weighted by molar-refractivity contribution is -0.151. The number of ether oxygens (including phenoxy) is 5. The summed E-state index contributed by atoms with van der Waals surface area (Å²) in [6.07, 6.45) is 4.87. The standard InChI is InChI=1S/C10H14O5.C8H8.C7H10O3.C7H12O2/c1-7(2)10(13)15-5-4-14-9(12)6-8(3)11;1-2-8-6-4-3-5-7-8;1-5(2)7(8)10-4-6-3-9-6;1-3-5-6-9-7(8)4-2/h1,4-6H2,2-3H3;2-7H,1H2;6H,1,3-4H2,2H3;4H,2-3,5-6H2,1H3. The molecule has 1 unspecified atom stereocenters. The first kappa shape index (κ1) is 39.8. The molecule has 1 aliphatic rings. The van der Waals surface area contributed by atoms with Crippen LogP contribution in [0.5, 0.6) is 0 Å². The summed E-state index contributed by atoms with van der Waals surface area (Å²) in [4.78, 5) is 53.2. The molecule has 0 aliphatic carbocycles. The number of carbonyl (C=O) groups is 5. The van der Waals surface area contributed by atoms with Gasteiger partial charge in [0.05, 0.1) is 13.2 Å². The van der Waals surface area contributed by atoms with Crippen molar-refractivity contribution in [3.63, 3.8) is 0 Å². The first-order valence-electron chi connectivity index (χ1n) is 13.3. The normalized spacial score (nSPS) is 12.0. The third-order valence-corrected chi connectivity index (χ3v) is 4.42. The highest BCUT2D eigenvalue weighted by Crippen LogP contribution is 2.09. The molecule has 232 valence electrons. The average Bonchev–Trinajstić information content (AvgIpc) is 3.79. The maximum atomic E-state index is 10.8. The number of ketones is 1. The number of hydrogen-bond donors (Lipinski definition) is 0. The Labute approximate surface area is 249 Å². The molecule has 1 aliphatic heterocycles. The van der Waals surface area contributed by atoms with Crippen LogP contribution in [0.2, 0.25) is 0 Å². The van der Waals surface area contributed by atoms with Crippen molar-refractivity contribution < 1.29 is 47.7 Å². The zero-order valence-electron chi connectivity index (χ0n) is 25.2. The van der Waals surface area contributed by atoms with Crippen molar-refractivity contribution in [3.8, 4) is 0 Å². The van der Waals surface area contributed by atoms with Crippen molar-refractivity contribution in [1.29, 1.82) is 0 Å². The van der Waals surface area contributed by atoms with E-state index < -0.39 is 11.9 Å². The van der Waals surface area contributed by atoms with Crippen LogP contribution in [0.4, 0.5) is 0 Å². The summed E-state index contributed by atoms with van der Waals surface area (Å²) in [7, 11) is 0. The number of epoxide rings is 1. The van der Waals surface area contributed by atoms with Crippen LogP contribution >= 0.6 is 0 Å². The maximum absolute atomic E-state index is 10.8. The van der Waals surface area contributed by atoms with E-state index >= 15 is 0 Å². The molecule has 1 fully saturated rings. The van der Waals surface area contributed by atoms with Gasteiger partial charge in [0.15, 0.2) is 0 Å².